The van der Waals surface area contributed by atoms with Gasteiger partial charge in [0.05, 0.1) is 17.2 Å². The highest BCUT2D eigenvalue weighted by atomic mass is 35.5. The van der Waals surface area contributed by atoms with E-state index in [0.717, 1.165) is 4.31 Å². The normalized spacial score (nSPS) is 11.1. The quantitative estimate of drug-likeness (QED) is 0.707. The van der Waals surface area contributed by atoms with Gasteiger partial charge < -0.3 is 4.74 Å². The van der Waals surface area contributed by atoms with Crippen LogP contribution in [0.5, 0.6) is 0 Å². The molecule has 0 spiro atoms. The topological polar surface area (TPSA) is 63.7 Å². The van der Waals surface area contributed by atoms with Crippen LogP contribution in [0.2, 0.25) is 10.0 Å². The molecule has 8 heteroatoms. The Morgan fingerprint density at radius 1 is 1.08 bits per heavy atom. The Balaban J connectivity index is 2.52. The Kier molecular flexibility index (Phi) is 6.10. The third-order valence-electron chi connectivity index (χ3n) is 3.04. The molecule has 0 aliphatic heterocycles. The number of esters is 1. The zero-order valence-corrected chi connectivity index (χ0v) is 15.1. The summed E-state index contributed by atoms with van der Waals surface area (Å²) in [5.41, 5.74) is 0.185. The average molecular weight is 388 g/mol. The van der Waals surface area contributed by atoms with Crippen molar-refractivity contribution in [3.05, 3.63) is 58.6 Å². The van der Waals surface area contributed by atoms with Crippen LogP contribution in [-0.4, -0.2) is 27.5 Å². The number of halogens is 2. The average Bonchev–Trinajstić information content (AvgIpc) is 2.52. The van der Waals surface area contributed by atoms with Crippen LogP contribution in [0.25, 0.3) is 0 Å². The van der Waals surface area contributed by atoms with Crippen LogP contribution < -0.4 is 4.31 Å². The van der Waals surface area contributed by atoms with Gasteiger partial charge in [0, 0.05) is 10.0 Å². The lowest BCUT2D eigenvalue weighted by molar-refractivity contribution is -0.141. The van der Waals surface area contributed by atoms with Crippen molar-refractivity contribution >= 4 is 44.9 Å². The van der Waals surface area contributed by atoms with Gasteiger partial charge in [0.15, 0.2) is 0 Å². The minimum atomic E-state index is -3.99. The molecule has 0 saturated carbocycles. The molecular formula is C16H15Cl2NO4S. The Morgan fingerprint density at radius 3 is 2.21 bits per heavy atom. The van der Waals surface area contributed by atoms with Gasteiger partial charge in [0.25, 0.3) is 10.0 Å². The van der Waals surface area contributed by atoms with Crippen molar-refractivity contribution < 1.29 is 17.9 Å². The van der Waals surface area contributed by atoms with Gasteiger partial charge in [-0.05, 0) is 37.3 Å². The minimum Gasteiger partial charge on any atom is -0.465 e. The molecule has 0 N–H and O–H groups in total. The number of anilines is 1. The van der Waals surface area contributed by atoms with E-state index >= 15 is 0 Å². The van der Waals surface area contributed by atoms with Gasteiger partial charge in [-0.25, -0.2) is 8.42 Å². The second-order valence-electron chi connectivity index (χ2n) is 4.76. The summed E-state index contributed by atoms with van der Waals surface area (Å²) >= 11 is 11.9. The molecule has 0 radical (unpaired) electrons. The number of sulfonamides is 1. The molecule has 0 heterocycles. The summed E-state index contributed by atoms with van der Waals surface area (Å²) < 4.78 is 31.7. The second kappa shape index (κ2) is 7.88. The van der Waals surface area contributed by atoms with Crippen LogP contribution in [0, 0.1) is 0 Å². The highest BCUT2D eigenvalue weighted by Crippen LogP contribution is 2.29. The fraction of sp³-hybridized carbons (Fsp3) is 0.188. The number of nitrogens with zero attached hydrogens (tertiary/aromatic N) is 1. The number of benzene rings is 2. The van der Waals surface area contributed by atoms with Gasteiger partial charge in [-0.3, -0.25) is 9.10 Å². The molecule has 2 aromatic rings. The van der Waals surface area contributed by atoms with Gasteiger partial charge in [-0.15, -0.1) is 0 Å². The van der Waals surface area contributed by atoms with Crippen molar-refractivity contribution in [2.45, 2.75) is 11.8 Å². The first-order chi connectivity index (χ1) is 11.3. The van der Waals surface area contributed by atoms with E-state index in [1.165, 1.54) is 30.3 Å². The third kappa shape index (κ3) is 4.41. The molecule has 0 amide bonds. The summed E-state index contributed by atoms with van der Waals surface area (Å²) in [4.78, 5) is 11.9. The first-order valence-electron chi connectivity index (χ1n) is 7.04. The van der Waals surface area contributed by atoms with Crippen molar-refractivity contribution in [3.8, 4) is 0 Å². The maximum Gasteiger partial charge on any atom is 0.326 e. The molecule has 0 unspecified atom stereocenters. The number of hydrogen-bond donors (Lipinski definition) is 0. The van der Waals surface area contributed by atoms with E-state index in [4.69, 9.17) is 27.9 Å². The SMILES string of the molecule is CCOC(=O)CN(c1cc(Cl)cc(Cl)c1)S(=O)(=O)c1ccccc1. The molecule has 2 rings (SSSR count). The van der Waals surface area contributed by atoms with Crippen molar-refractivity contribution in [2.24, 2.45) is 0 Å². The van der Waals surface area contributed by atoms with E-state index in [2.05, 4.69) is 0 Å². The molecule has 0 atom stereocenters. The molecular weight excluding hydrogens is 373 g/mol. The molecule has 2 aromatic carbocycles. The number of ether oxygens (including phenoxy) is 1. The van der Waals surface area contributed by atoms with Crippen molar-refractivity contribution in [3.63, 3.8) is 0 Å². The summed E-state index contributed by atoms with van der Waals surface area (Å²) in [7, 11) is -3.99. The highest BCUT2D eigenvalue weighted by Gasteiger charge is 2.28. The largest absolute Gasteiger partial charge is 0.465 e. The van der Waals surface area contributed by atoms with Gasteiger partial charge in [-0.2, -0.15) is 0 Å². The van der Waals surface area contributed by atoms with E-state index in [0.29, 0.717) is 0 Å². The molecule has 0 bridgehead atoms. The van der Waals surface area contributed by atoms with Crippen LogP contribution >= 0.6 is 23.2 Å². The zero-order valence-electron chi connectivity index (χ0n) is 12.8. The van der Waals surface area contributed by atoms with E-state index in [1.807, 2.05) is 0 Å². The first-order valence-corrected chi connectivity index (χ1v) is 9.23. The maximum atomic E-state index is 12.9. The van der Waals surface area contributed by atoms with Crippen LogP contribution in [0.15, 0.2) is 53.4 Å². The van der Waals surface area contributed by atoms with Crippen molar-refractivity contribution in [1.82, 2.24) is 0 Å². The minimum absolute atomic E-state index is 0.0467. The van der Waals surface area contributed by atoms with Crippen molar-refractivity contribution in [1.29, 1.82) is 0 Å². The molecule has 0 aliphatic rings. The molecule has 24 heavy (non-hydrogen) atoms. The lowest BCUT2D eigenvalue weighted by Gasteiger charge is -2.24. The summed E-state index contributed by atoms with van der Waals surface area (Å²) in [5.74, 6) is -0.673. The Morgan fingerprint density at radius 2 is 1.67 bits per heavy atom. The Hall–Kier alpha value is -1.76. The molecule has 0 aromatic heterocycles. The summed E-state index contributed by atoms with van der Waals surface area (Å²) in [6.45, 7) is 1.31. The molecule has 5 nitrogen and oxygen atoms in total. The third-order valence-corrected chi connectivity index (χ3v) is 5.27. The second-order valence-corrected chi connectivity index (χ2v) is 7.49. The van der Waals surface area contributed by atoms with Gasteiger partial charge >= 0.3 is 5.97 Å². The lowest BCUT2D eigenvalue weighted by Crippen LogP contribution is -2.36. The predicted octanol–water partition coefficient (Wildman–Crippen LogP) is 3.75. The van der Waals surface area contributed by atoms with E-state index in [-0.39, 0.29) is 27.2 Å². The number of carbonyl (C=O) groups excluding carboxylic acids is 1. The number of hydrogen-bond acceptors (Lipinski definition) is 4. The molecule has 0 saturated heterocycles. The Labute approximate surface area is 150 Å². The van der Waals surface area contributed by atoms with Crippen LogP contribution in [0.4, 0.5) is 5.69 Å². The summed E-state index contributed by atoms with van der Waals surface area (Å²) in [5, 5.41) is 0.518. The Bertz CT molecular complexity index is 805. The molecule has 128 valence electrons. The van der Waals surface area contributed by atoms with Crippen molar-refractivity contribution in [2.75, 3.05) is 17.5 Å². The first kappa shape index (κ1) is 18.6. The predicted molar refractivity (Wildman–Crippen MR) is 94.1 cm³/mol. The summed E-state index contributed by atoms with van der Waals surface area (Å²) in [6.07, 6.45) is 0. The maximum absolute atomic E-state index is 12.9. The van der Waals surface area contributed by atoms with Gasteiger partial charge in [0.2, 0.25) is 0 Å². The molecule has 0 aliphatic carbocycles. The zero-order chi connectivity index (χ0) is 17.7. The smallest absolute Gasteiger partial charge is 0.326 e. The number of rotatable bonds is 6. The van der Waals surface area contributed by atoms with Crippen LogP contribution in [0.3, 0.4) is 0 Å². The molecule has 0 fully saturated rings. The van der Waals surface area contributed by atoms with Gasteiger partial charge in [-0.1, -0.05) is 41.4 Å². The lowest BCUT2D eigenvalue weighted by atomic mass is 10.3. The summed E-state index contributed by atoms with van der Waals surface area (Å²) in [6, 6.07) is 12.1. The van der Waals surface area contributed by atoms with Crippen LogP contribution in [-0.2, 0) is 19.6 Å². The standard InChI is InChI=1S/C16H15Cl2NO4S/c1-2-23-16(20)11-19(14-9-12(17)8-13(18)10-14)24(21,22)15-6-4-3-5-7-15/h3-10H,2,11H2,1H3. The number of carbonyl (C=O) groups is 1. The van der Waals surface area contributed by atoms with Crippen LogP contribution in [0.1, 0.15) is 6.92 Å². The van der Waals surface area contributed by atoms with E-state index in [9.17, 15) is 13.2 Å². The highest BCUT2D eigenvalue weighted by molar-refractivity contribution is 7.92. The fourth-order valence-electron chi connectivity index (χ4n) is 2.04. The fourth-order valence-corrected chi connectivity index (χ4v) is 3.97. The van der Waals surface area contributed by atoms with Gasteiger partial charge in [0.1, 0.15) is 6.54 Å². The van der Waals surface area contributed by atoms with E-state index in [1.54, 1.807) is 25.1 Å². The monoisotopic (exact) mass is 387 g/mol. The van der Waals surface area contributed by atoms with E-state index < -0.39 is 22.5 Å².